The lowest BCUT2D eigenvalue weighted by molar-refractivity contribution is -0.152. The summed E-state index contributed by atoms with van der Waals surface area (Å²) in [5.74, 6) is -1.49. The van der Waals surface area contributed by atoms with Gasteiger partial charge >= 0.3 is 12.1 Å². The zero-order chi connectivity index (χ0) is 18.8. The smallest absolute Gasteiger partial charge is 0.410 e. The highest BCUT2D eigenvalue weighted by atomic mass is 35.5. The van der Waals surface area contributed by atoms with Crippen LogP contribution in [0.2, 0.25) is 5.02 Å². The van der Waals surface area contributed by atoms with Gasteiger partial charge in [-0.25, -0.2) is 9.18 Å². The van der Waals surface area contributed by atoms with Gasteiger partial charge in [0.2, 0.25) is 0 Å². The number of likely N-dealkylation sites (tertiary alicyclic amines) is 1. The van der Waals surface area contributed by atoms with E-state index in [1.165, 1.54) is 17.0 Å². The average Bonchev–Trinajstić information content (AvgIpc) is 2.49. The van der Waals surface area contributed by atoms with E-state index in [0.717, 1.165) is 0 Å². The summed E-state index contributed by atoms with van der Waals surface area (Å²) >= 11 is 5.75. The van der Waals surface area contributed by atoms with Crippen LogP contribution >= 0.6 is 11.6 Å². The molecule has 1 aromatic rings. The highest BCUT2D eigenvalue weighted by Crippen LogP contribution is 2.37. The number of amides is 1. The van der Waals surface area contributed by atoms with Crippen LogP contribution < -0.4 is 0 Å². The number of aliphatic carboxylic acids is 1. The number of halogens is 2. The molecule has 1 aliphatic rings. The number of piperidine rings is 1. The summed E-state index contributed by atoms with van der Waals surface area (Å²) in [7, 11) is 0. The van der Waals surface area contributed by atoms with Crippen molar-refractivity contribution in [3.8, 4) is 0 Å². The van der Waals surface area contributed by atoms with Crippen molar-refractivity contribution in [1.82, 2.24) is 4.90 Å². The van der Waals surface area contributed by atoms with Gasteiger partial charge in [0.05, 0.1) is 5.41 Å². The Morgan fingerprint density at radius 2 is 1.92 bits per heavy atom. The molecule has 1 N–H and O–H groups in total. The maximum atomic E-state index is 14.1. The average molecular weight is 372 g/mol. The Kier molecular flexibility index (Phi) is 5.62. The van der Waals surface area contributed by atoms with Crippen LogP contribution in [0.25, 0.3) is 0 Å². The van der Waals surface area contributed by atoms with Crippen LogP contribution in [0.4, 0.5) is 9.18 Å². The summed E-state index contributed by atoms with van der Waals surface area (Å²) in [5.41, 5.74) is -1.39. The van der Waals surface area contributed by atoms with Crippen LogP contribution in [0.15, 0.2) is 18.2 Å². The van der Waals surface area contributed by atoms with Crippen LogP contribution in [0.3, 0.4) is 0 Å². The summed E-state index contributed by atoms with van der Waals surface area (Å²) in [6.07, 6.45) is 0.0880. The van der Waals surface area contributed by atoms with Gasteiger partial charge in [-0.1, -0.05) is 17.7 Å². The maximum absolute atomic E-state index is 14.1. The highest BCUT2D eigenvalue weighted by molar-refractivity contribution is 6.30. The monoisotopic (exact) mass is 371 g/mol. The zero-order valence-electron chi connectivity index (χ0n) is 14.6. The molecule has 1 aliphatic heterocycles. The van der Waals surface area contributed by atoms with Crippen molar-refractivity contribution in [2.24, 2.45) is 5.41 Å². The van der Waals surface area contributed by atoms with Crippen molar-refractivity contribution in [3.63, 3.8) is 0 Å². The Labute approximate surface area is 151 Å². The molecule has 2 rings (SSSR count). The number of carboxylic acid groups (broad SMARTS) is 1. The van der Waals surface area contributed by atoms with E-state index in [1.807, 2.05) is 0 Å². The maximum Gasteiger partial charge on any atom is 0.410 e. The topological polar surface area (TPSA) is 66.8 Å². The van der Waals surface area contributed by atoms with Crippen molar-refractivity contribution >= 4 is 23.7 Å². The lowest BCUT2D eigenvalue weighted by atomic mass is 9.74. The first-order valence-electron chi connectivity index (χ1n) is 8.18. The van der Waals surface area contributed by atoms with E-state index >= 15 is 0 Å². The number of nitrogens with zero attached hydrogens (tertiary/aromatic N) is 1. The van der Waals surface area contributed by atoms with Gasteiger partial charge in [0.1, 0.15) is 11.4 Å². The van der Waals surface area contributed by atoms with Crippen LogP contribution in [-0.4, -0.2) is 40.8 Å². The molecular formula is C18H23ClFNO4. The second-order valence-corrected chi connectivity index (χ2v) is 7.90. The van der Waals surface area contributed by atoms with Crippen LogP contribution in [0, 0.1) is 11.2 Å². The third-order valence-corrected chi connectivity index (χ3v) is 4.60. The van der Waals surface area contributed by atoms with E-state index in [1.54, 1.807) is 26.8 Å². The molecule has 0 radical (unpaired) electrons. The SMILES string of the molecule is CC(C)(C)OC(=O)N1CCC(Cc2ccc(Cl)cc2F)(C(=O)O)CC1. The second-order valence-electron chi connectivity index (χ2n) is 7.47. The highest BCUT2D eigenvalue weighted by Gasteiger charge is 2.43. The first-order valence-corrected chi connectivity index (χ1v) is 8.55. The predicted octanol–water partition coefficient (Wildman–Crippen LogP) is 4.12. The Bertz CT molecular complexity index is 664. The summed E-state index contributed by atoms with van der Waals surface area (Å²) in [4.78, 5) is 25.5. The zero-order valence-corrected chi connectivity index (χ0v) is 15.4. The van der Waals surface area contributed by atoms with Crippen LogP contribution in [0.1, 0.15) is 39.2 Å². The van der Waals surface area contributed by atoms with Crippen molar-refractivity contribution in [3.05, 3.63) is 34.6 Å². The second kappa shape index (κ2) is 7.20. The van der Waals surface area contributed by atoms with Gasteiger partial charge in [0.15, 0.2) is 0 Å². The van der Waals surface area contributed by atoms with Crippen molar-refractivity contribution in [2.75, 3.05) is 13.1 Å². The first kappa shape index (κ1) is 19.5. The van der Waals surface area contributed by atoms with E-state index in [-0.39, 0.29) is 37.4 Å². The number of hydrogen-bond acceptors (Lipinski definition) is 3. The molecule has 1 heterocycles. The van der Waals surface area contributed by atoms with Gasteiger partial charge in [0.25, 0.3) is 0 Å². The lowest BCUT2D eigenvalue weighted by Gasteiger charge is -2.39. The first-order chi connectivity index (χ1) is 11.5. The normalized spacial score (nSPS) is 17.2. The third kappa shape index (κ3) is 4.84. The fourth-order valence-electron chi connectivity index (χ4n) is 2.94. The molecule has 0 unspecified atom stereocenters. The molecule has 1 aromatic carbocycles. The van der Waals surface area contributed by atoms with E-state index in [9.17, 15) is 19.1 Å². The molecule has 1 saturated heterocycles. The lowest BCUT2D eigenvalue weighted by Crippen LogP contribution is -2.48. The Morgan fingerprint density at radius 1 is 1.32 bits per heavy atom. The van der Waals surface area contributed by atoms with E-state index in [0.29, 0.717) is 5.56 Å². The molecule has 1 fully saturated rings. The predicted molar refractivity (Wildman–Crippen MR) is 92.2 cm³/mol. The van der Waals surface area contributed by atoms with Crippen molar-refractivity contribution < 1.29 is 23.8 Å². The summed E-state index contributed by atoms with van der Waals surface area (Å²) in [6, 6.07) is 4.25. The van der Waals surface area contributed by atoms with Crippen molar-refractivity contribution in [2.45, 2.75) is 45.6 Å². The van der Waals surface area contributed by atoms with Gasteiger partial charge in [-0.2, -0.15) is 0 Å². The summed E-state index contributed by atoms with van der Waals surface area (Å²) < 4.78 is 19.4. The van der Waals surface area contributed by atoms with Gasteiger partial charge in [0, 0.05) is 18.1 Å². The molecule has 0 saturated carbocycles. The number of ether oxygens (including phenoxy) is 1. The minimum Gasteiger partial charge on any atom is -0.481 e. The molecule has 7 heteroatoms. The van der Waals surface area contributed by atoms with E-state index in [2.05, 4.69) is 0 Å². The number of carboxylic acids is 1. The molecule has 0 bridgehead atoms. The van der Waals surface area contributed by atoms with E-state index < -0.39 is 28.9 Å². The number of carbonyl (C=O) groups is 2. The minimum absolute atomic E-state index is 0.0630. The Hall–Kier alpha value is -1.82. The molecule has 0 aliphatic carbocycles. The molecule has 0 aromatic heterocycles. The van der Waals surface area contributed by atoms with E-state index in [4.69, 9.17) is 16.3 Å². The summed E-state index contributed by atoms with van der Waals surface area (Å²) in [5, 5.41) is 9.99. The van der Waals surface area contributed by atoms with Crippen LogP contribution in [-0.2, 0) is 16.0 Å². The molecule has 1 amide bonds. The number of benzene rings is 1. The molecule has 0 atom stereocenters. The summed E-state index contributed by atoms with van der Waals surface area (Å²) in [6.45, 7) is 5.85. The van der Waals surface area contributed by atoms with Gasteiger partial charge in [-0.3, -0.25) is 4.79 Å². The fraction of sp³-hybridized carbons (Fsp3) is 0.556. The molecule has 0 spiro atoms. The van der Waals surface area contributed by atoms with Gasteiger partial charge in [-0.15, -0.1) is 0 Å². The molecule has 138 valence electrons. The minimum atomic E-state index is -1.10. The van der Waals surface area contributed by atoms with Crippen molar-refractivity contribution in [1.29, 1.82) is 0 Å². The molecule has 25 heavy (non-hydrogen) atoms. The van der Waals surface area contributed by atoms with Gasteiger partial charge in [-0.05, 0) is 57.7 Å². The standard InChI is InChI=1S/C18H23ClFNO4/c1-17(2,3)25-16(24)21-8-6-18(7-9-21,15(22)23)11-12-4-5-13(19)10-14(12)20/h4-5,10H,6-9,11H2,1-3H3,(H,22,23). The molecule has 5 nitrogen and oxygen atoms in total. The number of hydrogen-bond donors (Lipinski definition) is 1. The van der Waals surface area contributed by atoms with Crippen LogP contribution in [0.5, 0.6) is 0 Å². The molecular weight excluding hydrogens is 349 g/mol. The number of rotatable bonds is 3. The Morgan fingerprint density at radius 3 is 2.40 bits per heavy atom. The number of carbonyl (C=O) groups excluding carboxylic acids is 1. The fourth-order valence-corrected chi connectivity index (χ4v) is 3.10. The quantitative estimate of drug-likeness (QED) is 0.867. The van der Waals surface area contributed by atoms with Gasteiger partial charge < -0.3 is 14.7 Å². The largest absolute Gasteiger partial charge is 0.481 e. The Balaban J connectivity index is 2.10. The third-order valence-electron chi connectivity index (χ3n) is 4.37.